The van der Waals surface area contributed by atoms with Crippen LogP contribution in [-0.4, -0.2) is 144 Å². The van der Waals surface area contributed by atoms with Crippen LogP contribution in [0.25, 0.3) is 0 Å². The molecule has 3 heterocycles. The second-order valence-corrected chi connectivity index (χ2v) is 13.3. The number of aliphatic hydroxyl groups is 6. The van der Waals surface area contributed by atoms with E-state index in [0.717, 1.165) is 13.0 Å². The summed E-state index contributed by atoms with van der Waals surface area (Å²) in [5, 5.41) is 93.3. The first-order valence-corrected chi connectivity index (χ1v) is 16.5. The zero-order chi connectivity index (χ0) is 38.9. The second-order valence-electron chi connectivity index (χ2n) is 13.3. The fourth-order valence-electron chi connectivity index (χ4n) is 6.19. The smallest absolute Gasteiger partial charge is 0.308 e. The van der Waals surface area contributed by atoms with Crippen molar-refractivity contribution in [2.24, 2.45) is 0 Å². The summed E-state index contributed by atoms with van der Waals surface area (Å²) in [5.41, 5.74) is -1.68. The number of rotatable bonds is 12. The summed E-state index contributed by atoms with van der Waals surface area (Å²) in [6.45, 7) is 1.74. The van der Waals surface area contributed by atoms with Gasteiger partial charge in [-0.2, -0.15) is 0 Å². The molecule has 2 aromatic rings. The predicted molar refractivity (Wildman–Crippen MR) is 172 cm³/mol. The van der Waals surface area contributed by atoms with Crippen molar-refractivity contribution in [2.45, 2.75) is 106 Å². The predicted octanol–water partition coefficient (Wildman–Crippen LogP) is -0.990. The number of carboxylic acid groups (broad SMARTS) is 1. The van der Waals surface area contributed by atoms with E-state index in [1.165, 1.54) is 38.3 Å². The van der Waals surface area contributed by atoms with Crippen molar-refractivity contribution in [3.05, 3.63) is 41.5 Å². The lowest BCUT2D eigenvalue weighted by atomic mass is 9.95. The number of phenolic OH excluding ortho intramolecular Hbond substituents is 2. The van der Waals surface area contributed by atoms with Gasteiger partial charge in [-0.25, -0.2) is 0 Å². The Morgan fingerprint density at radius 2 is 1.62 bits per heavy atom. The Balaban J connectivity index is 1.41. The summed E-state index contributed by atoms with van der Waals surface area (Å²) in [6.07, 6.45) is -19.4. The van der Waals surface area contributed by atoms with Crippen LogP contribution in [0.15, 0.2) is 30.3 Å². The molecule has 292 valence electrons. The Labute approximate surface area is 301 Å². The number of fused-ring (bicyclic) bond motifs is 1. The monoisotopic (exact) mass is 754 g/mol. The zero-order valence-electron chi connectivity index (χ0n) is 28.7. The zero-order valence-corrected chi connectivity index (χ0v) is 28.7. The maximum absolute atomic E-state index is 13.2. The van der Waals surface area contributed by atoms with Crippen LogP contribution in [0.5, 0.6) is 28.7 Å². The van der Waals surface area contributed by atoms with Crippen LogP contribution >= 0.6 is 0 Å². The molecular weight excluding hydrogens is 712 g/mol. The number of carboxylic acids is 1. The quantitative estimate of drug-likeness (QED) is 0.118. The number of aliphatic hydroxyl groups excluding tert-OH is 5. The Bertz CT molecular complexity index is 1660. The molecule has 12 atom stereocenters. The van der Waals surface area contributed by atoms with Gasteiger partial charge in [-0.15, -0.1) is 0 Å². The SMILES string of the molecule is COc1cc([C@H]2CC(=O)c3c(O)cc(O[C@@H]4O[C@H](COC(=O)C[C@@](C)(O)CC(=O)O)[C@@H](O)[C@H](O)[C@H]4O[C@@H]4O[C@@H](C)[C@H](O)[C@@H](O)[C@H]4O)cc3O2)ccc1O. The molecule has 2 saturated heterocycles. The number of ether oxygens (including phenoxy) is 7. The molecule has 9 N–H and O–H groups in total. The number of Topliss-reactive ketones (excluding diaryl/α,β-unsaturated/α-hetero) is 1. The van der Waals surface area contributed by atoms with Crippen LogP contribution < -0.4 is 14.2 Å². The molecule has 5 rings (SSSR count). The van der Waals surface area contributed by atoms with E-state index >= 15 is 0 Å². The maximum atomic E-state index is 13.2. The topological polar surface area (TPSA) is 298 Å². The fraction of sp³-hybridized carbons (Fsp3) is 0.559. The number of carbonyl (C=O) groups excluding carboxylic acids is 2. The number of hydrogen-bond donors (Lipinski definition) is 9. The Hall–Kier alpha value is -4.31. The van der Waals surface area contributed by atoms with Crippen LogP contribution in [0.4, 0.5) is 0 Å². The lowest BCUT2D eigenvalue weighted by molar-refractivity contribution is -0.354. The molecule has 0 amide bonds. The molecular formula is C34H42O19. The van der Waals surface area contributed by atoms with E-state index in [0.29, 0.717) is 5.56 Å². The number of methoxy groups -OCH3 is 1. The van der Waals surface area contributed by atoms with Gasteiger partial charge in [-0.3, -0.25) is 14.4 Å². The van der Waals surface area contributed by atoms with E-state index < -0.39 is 116 Å². The van der Waals surface area contributed by atoms with Crippen LogP contribution in [0.3, 0.4) is 0 Å². The highest BCUT2D eigenvalue weighted by Crippen LogP contribution is 2.44. The number of aromatic hydroxyl groups is 2. The molecule has 19 nitrogen and oxygen atoms in total. The largest absolute Gasteiger partial charge is 0.507 e. The molecule has 19 heteroatoms. The summed E-state index contributed by atoms with van der Waals surface area (Å²) in [4.78, 5) is 36.6. The van der Waals surface area contributed by atoms with Gasteiger partial charge in [0.1, 0.15) is 72.1 Å². The molecule has 3 aliphatic rings. The van der Waals surface area contributed by atoms with Gasteiger partial charge < -0.3 is 79.1 Å². The van der Waals surface area contributed by atoms with Gasteiger partial charge in [0.2, 0.25) is 6.29 Å². The minimum Gasteiger partial charge on any atom is -0.507 e. The third-order valence-corrected chi connectivity index (χ3v) is 9.01. The van der Waals surface area contributed by atoms with E-state index in [4.69, 9.17) is 38.3 Å². The average molecular weight is 755 g/mol. The standard InChI is InChI=1S/C34H42O19/c1-13-26(41)28(43)30(45)32(49-13)53-31-29(44)27(42)22(12-48-24(40)11-34(2,46)10-23(38)39)52-33(31)50-15-7-17(36)25-18(37)9-19(51-21(25)8-15)14-4-5-16(35)20(6-14)47-3/h4-8,13,19,22,26-33,35-36,41-46H,9-12H2,1-3H3,(H,38,39)/t13-,19+,22+,26-,27+,28+,29-,30+,31+,32-,33+,34-/m0/s1. The first kappa shape index (κ1) is 39.9. The Morgan fingerprint density at radius 1 is 0.906 bits per heavy atom. The summed E-state index contributed by atoms with van der Waals surface area (Å²) in [5.74, 6) is -3.87. The van der Waals surface area contributed by atoms with Gasteiger partial charge in [-0.05, 0) is 31.5 Å². The molecule has 2 fully saturated rings. The summed E-state index contributed by atoms with van der Waals surface area (Å²) < 4.78 is 39.4. The van der Waals surface area contributed by atoms with Crippen molar-refractivity contribution in [1.82, 2.24) is 0 Å². The minimum absolute atomic E-state index is 0.125. The van der Waals surface area contributed by atoms with Crippen LogP contribution in [0.2, 0.25) is 0 Å². The van der Waals surface area contributed by atoms with Gasteiger partial charge in [0.25, 0.3) is 0 Å². The number of hydrogen-bond acceptors (Lipinski definition) is 18. The third-order valence-electron chi connectivity index (χ3n) is 9.01. The highest BCUT2D eigenvalue weighted by Gasteiger charge is 2.51. The van der Waals surface area contributed by atoms with Crippen molar-refractivity contribution in [3.63, 3.8) is 0 Å². The normalized spacial score (nSPS) is 32.5. The van der Waals surface area contributed by atoms with Gasteiger partial charge >= 0.3 is 11.9 Å². The first-order chi connectivity index (χ1) is 24.9. The summed E-state index contributed by atoms with van der Waals surface area (Å²) in [6, 6.07) is 6.61. The van der Waals surface area contributed by atoms with Crippen molar-refractivity contribution < 1.29 is 93.5 Å². The van der Waals surface area contributed by atoms with E-state index in [1.54, 1.807) is 0 Å². The Morgan fingerprint density at radius 3 is 2.30 bits per heavy atom. The van der Waals surface area contributed by atoms with Crippen molar-refractivity contribution in [1.29, 1.82) is 0 Å². The molecule has 0 bridgehead atoms. The molecule has 0 aliphatic carbocycles. The summed E-state index contributed by atoms with van der Waals surface area (Å²) in [7, 11) is 1.34. The molecule has 0 radical (unpaired) electrons. The van der Waals surface area contributed by atoms with Crippen molar-refractivity contribution in [3.8, 4) is 28.7 Å². The van der Waals surface area contributed by atoms with E-state index in [1.807, 2.05) is 0 Å². The van der Waals surface area contributed by atoms with Crippen LogP contribution in [0, 0.1) is 0 Å². The number of esters is 1. The van der Waals surface area contributed by atoms with E-state index in [2.05, 4.69) is 0 Å². The number of ketones is 1. The average Bonchev–Trinajstić information content (AvgIpc) is 3.07. The van der Waals surface area contributed by atoms with Gasteiger partial charge in [0.15, 0.2) is 29.7 Å². The van der Waals surface area contributed by atoms with E-state index in [9.17, 15) is 55.2 Å². The molecule has 3 aliphatic heterocycles. The fourth-order valence-corrected chi connectivity index (χ4v) is 6.19. The van der Waals surface area contributed by atoms with Crippen LogP contribution in [0.1, 0.15) is 55.1 Å². The molecule has 0 unspecified atom stereocenters. The maximum Gasteiger partial charge on any atom is 0.308 e. The lowest BCUT2D eigenvalue weighted by Crippen LogP contribution is -2.64. The van der Waals surface area contributed by atoms with E-state index in [-0.39, 0.29) is 35.0 Å². The minimum atomic E-state index is -1.97. The lowest BCUT2D eigenvalue weighted by Gasteiger charge is -2.45. The Kier molecular flexibility index (Phi) is 12.0. The van der Waals surface area contributed by atoms with Gasteiger partial charge in [0, 0.05) is 12.1 Å². The number of carbonyl (C=O) groups is 3. The van der Waals surface area contributed by atoms with Crippen LogP contribution in [-0.2, 0) is 28.5 Å². The number of phenols is 2. The molecule has 0 aromatic heterocycles. The molecule has 0 spiro atoms. The van der Waals surface area contributed by atoms with Crippen molar-refractivity contribution in [2.75, 3.05) is 13.7 Å². The number of aliphatic carboxylic acids is 1. The molecule has 53 heavy (non-hydrogen) atoms. The third kappa shape index (κ3) is 8.91. The highest BCUT2D eigenvalue weighted by molar-refractivity contribution is 6.02. The van der Waals surface area contributed by atoms with Gasteiger partial charge in [0.05, 0.1) is 38.1 Å². The number of benzene rings is 2. The van der Waals surface area contributed by atoms with Crippen molar-refractivity contribution >= 4 is 17.7 Å². The summed E-state index contributed by atoms with van der Waals surface area (Å²) >= 11 is 0. The van der Waals surface area contributed by atoms with Gasteiger partial charge in [-0.1, -0.05) is 6.07 Å². The highest BCUT2D eigenvalue weighted by atomic mass is 16.8. The second kappa shape index (κ2) is 16.0. The molecule has 2 aromatic carbocycles. The first-order valence-electron chi connectivity index (χ1n) is 16.5. The molecule has 0 saturated carbocycles.